The van der Waals surface area contributed by atoms with E-state index in [1.807, 2.05) is 54.3 Å². The third kappa shape index (κ3) is 4.71. The minimum Gasteiger partial charge on any atom is -0.379 e. The van der Waals surface area contributed by atoms with Gasteiger partial charge in [-0.1, -0.05) is 17.7 Å². The summed E-state index contributed by atoms with van der Waals surface area (Å²) in [7, 11) is 0. The molecule has 2 aliphatic rings. The Bertz CT molecular complexity index is 922. The Morgan fingerprint density at radius 3 is 2.67 bits per heavy atom. The first-order chi connectivity index (χ1) is 14.6. The maximum Gasteiger partial charge on any atom is 0.258 e. The van der Waals surface area contributed by atoms with Crippen molar-refractivity contribution in [2.75, 3.05) is 50.8 Å². The molecule has 0 atom stereocenters. The van der Waals surface area contributed by atoms with Gasteiger partial charge in [0.25, 0.3) is 11.8 Å². The van der Waals surface area contributed by atoms with Crippen LogP contribution in [0.1, 0.15) is 38.3 Å². The van der Waals surface area contributed by atoms with Crippen LogP contribution in [0.15, 0.2) is 42.5 Å². The summed E-state index contributed by atoms with van der Waals surface area (Å²) in [6.07, 6.45) is 1.77. The minimum absolute atomic E-state index is 0.0161. The van der Waals surface area contributed by atoms with Gasteiger partial charge >= 0.3 is 0 Å². The lowest BCUT2D eigenvalue weighted by Crippen LogP contribution is -2.41. The molecule has 0 unspecified atom stereocenters. The summed E-state index contributed by atoms with van der Waals surface area (Å²) in [6, 6.07) is 13.4. The highest BCUT2D eigenvalue weighted by Crippen LogP contribution is 2.29. The Morgan fingerprint density at radius 2 is 1.87 bits per heavy atom. The molecule has 158 valence electrons. The van der Waals surface area contributed by atoms with Crippen molar-refractivity contribution in [1.82, 2.24) is 10.2 Å². The van der Waals surface area contributed by atoms with Crippen LogP contribution >= 0.6 is 0 Å². The SMILES string of the molecule is Cc1cccc(C(=O)N2CCCc3cc(C(=O)NCCN4CCOCC4)ccc32)c1. The molecular weight excluding hydrogens is 378 g/mol. The van der Waals surface area contributed by atoms with Gasteiger partial charge in [0, 0.05) is 49.5 Å². The zero-order chi connectivity index (χ0) is 20.9. The maximum atomic E-state index is 13.1. The molecule has 0 radical (unpaired) electrons. The van der Waals surface area contributed by atoms with Gasteiger partial charge in [-0.2, -0.15) is 0 Å². The molecule has 2 amide bonds. The molecule has 0 aliphatic carbocycles. The molecule has 6 nitrogen and oxygen atoms in total. The van der Waals surface area contributed by atoms with E-state index in [2.05, 4.69) is 10.2 Å². The second-order valence-electron chi connectivity index (χ2n) is 7.98. The molecule has 2 aromatic rings. The van der Waals surface area contributed by atoms with Crippen molar-refractivity contribution in [2.45, 2.75) is 19.8 Å². The maximum absolute atomic E-state index is 13.1. The van der Waals surface area contributed by atoms with E-state index >= 15 is 0 Å². The Kier molecular flexibility index (Phi) is 6.45. The van der Waals surface area contributed by atoms with Crippen LogP contribution in [-0.4, -0.2) is 62.7 Å². The Hall–Kier alpha value is -2.70. The number of ether oxygens (including phenoxy) is 1. The monoisotopic (exact) mass is 407 g/mol. The molecule has 0 bridgehead atoms. The lowest BCUT2D eigenvalue weighted by Gasteiger charge is -2.30. The molecule has 2 aromatic carbocycles. The van der Waals surface area contributed by atoms with Crippen molar-refractivity contribution in [3.8, 4) is 0 Å². The standard InChI is InChI=1S/C24H29N3O3/c1-18-4-2-5-21(16-18)24(29)27-10-3-6-19-17-20(7-8-22(19)27)23(28)25-9-11-26-12-14-30-15-13-26/h2,4-5,7-8,16-17H,3,6,9-15H2,1H3,(H,25,28). The number of carbonyl (C=O) groups excluding carboxylic acids is 2. The number of fused-ring (bicyclic) bond motifs is 1. The number of hydrogen-bond donors (Lipinski definition) is 1. The molecule has 4 rings (SSSR count). The van der Waals surface area contributed by atoms with Gasteiger partial charge in [0.2, 0.25) is 0 Å². The molecule has 30 heavy (non-hydrogen) atoms. The van der Waals surface area contributed by atoms with Gasteiger partial charge in [0.05, 0.1) is 13.2 Å². The van der Waals surface area contributed by atoms with Crippen LogP contribution in [0.2, 0.25) is 0 Å². The summed E-state index contributed by atoms with van der Waals surface area (Å²) < 4.78 is 5.35. The topological polar surface area (TPSA) is 61.9 Å². The third-order valence-corrected chi connectivity index (χ3v) is 5.79. The molecular formula is C24H29N3O3. The van der Waals surface area contributed by atoms with Crippen LogP contribution < -0.4 is 10.2 Å². The molecule has 2 aliphatic heterocycles. The van der Waals surface area contributed by atoms with Gasteiger partial charge in [-0.3, -0.25) is 14.5 Å². The highest BCUT2D eigenvalue weighted by molar-refractivity contribution is 6.07. The van der Waals surface area contributed by atoms with Crippen molar-refractivity contribution in [3.05, 3.63) is 64.7 Å². The summed E-state index contributed by atoms with van der Waals surface area (Å²) in [5.74, 6) is -0.0458. The van der Waals surface area contributed by atoms with Gasteiger partial charge in [0.1, 0.15) is 0 Å². The number of amides is 2. The van der Waals surface area contributed by atoms with E-state index in [1.165, 1.54) is 0 Å². The Morgan fingerprint density at radius 1 is 1.03 bits per heavy atom. The highest BCUT2D eigenvalue weighted by Gasteiger charge is 2.24. The lowest BCUT2D eigenvalue weighted by atomic mass is 9.98. The number of anilines is 1. The number of benzene rings is 2. The van der Waals surface area contributed by atoms with Crippen LogP contribution in [0, 0.1) is 6.92 Å². The van der Waals surface area contributed by atoms with Crippen LogP contribution in [-0.2, 0) is 11.2 Å². The summed E-state index contributed by atoms with van der Waals surface area (Å²) in [5, 5.41) is 3.02. The van der Waals surface area contributed by atoms with E-state index in [1.54, 1.807) is 0 Å². The summed E-state index contributed by atoms with van der Waals surface area (Å²) in [5.41, 5.74) is 4.40. The average molecular weight is 408 g/mol. The first-order valence-corrected chi connectivity index (χ1v) is 10.7. The lowest BCUT2D eigenvalue weighted by molar-refractivity contribution is 0.0383. The largest absolute Gasteiger partial charge is 0.379 e. The molecule has 0 saturated carbocycles. The minimum atomic E-state index is -0.0619. The van der Waals surface area contributed by atoms with Crippen LogP contribution in [0.4, 0.5) is 5.69 Å². The number of aryl methyl sites for hydroxylation is 2. The van der Waals surface area contributed by atoms with E-state index < -0.39 is 0 Å². The smallest absolute Gasteiger partial charge is 0.258 e. The zero-order valence-electron chi connectivity index (χ0n) is 17.5. The summed E-state index contributed by atoms with van der Waals surface area (Å²) in [4.78, 5) is 29.8. The Balaban J connectivity index is 1.42. The normalized spacial score (nSPS) is 16.8. The van der Waals surface area contributed by atoms with Crippen LogP contribution in [0.25, 0.3) is 0 Å². The third-order valence-electron chi connectivity index (χ3n) is 5.79. The number of nitrogens with zero attached hydrogens (tertiary/aromatic N) is 2. The fraction of sp³-hybridized carbons (Fsp3) is 0.417. The molecule has 0 spiro atoms. The number of rotatable bonds is 5. The van der Waals surface area contributed by atoms with Crippen molar-refractivity contribution in [1.29, 1.82) is 0 Å². The average Bonchev–Trinajstić information content (AvgIpc) is 2.78. The quantitative estimate of drug-likeness (QED) is 0.828. The predicted molar refractivity (Wildman–Crippen MR) is 117 cm³/mol. The zero-order valence-corrected chi connectivity index (χ0v) is 17.5. The molecule has 0 aromatic heterocycles. The predicted octanol–water partition coefficient (Wildman–Crippen LogP) is 2.65. The van der Waals surface area contributed by atoms with Crippen molar-refractivity contribution in [2.24, 2.45) is 0 Å². The van der Waals surface area contributed by atoms with Gasteiger partial charge in [-0.15, -0.1) is 0 Å². The molecule has 1 N–H and O–H groups in total. The molecule has 1 fully saturated rings. The van der Waals surface area contributed by atoms with Crippen LogP contribution in [0.3, 0.4) is 0 Å². The number of hydrogen-bond acceptors (Lipinski definition) is 4. The van der Waals surface area contributed by atoms with Crippen LogP contribution in [0.5, 0.6) is 0 Å². The van der Waals surface area contributed by atoms with E-state index in [9.17, 15) is 9.59 Å². The second-order valence-corrected chi connectivity index (χ2v) is 7.98. The van der Waals surface area contributed by atoms with E-state index in [4.69, 9.17) is 4.74 Å². The highest BCUT2D eigenvalue weighted by atomic mass is 16.5. The number of morpholine rings is 1. The fourth-order valence-electron chi connectivity index (χ4n) is 4.14. The molecule has 1 saturated heterocycles. The first kappa shape index (κ1) is 20.6. The Labute approximate surface area is 177 Å². The van der Waals surface area contributed by atoms with Crippen molar-refractivity contribution in [3.63, 3.8) is 0 Å². The van der Waals surface area contributed by atoms with Crippen molar-refractivity contribution < 1.29 is 14.3 Å². The van der Waals surface area contributed by atoms with Gasteiger partial charge in [0.15, 0.2) is 0 Å². The van der Waals surface area contributed by atoms with E-state index in [0.29, 0.717) is 24.2 Å². The first-order valence-electron chi connectivity index (χ1n) is 10.7. The molecule has 6 heteroatoms. The number of nitrogens with one attached hydrogen (secondary N) is 1. The summed E-state index contributed by atoms with van der Waals surface area (Å²) >= 11 is 0. The van der Waals surface area contributed by atoms with Gasteiger partial charge in [-0.05, 0) is 55.7 Å². The van der Waals surface area contributed by atoms with Gasteiger partial charge in [-0.25, -0.2) is 0 Å². The number of carbonyl (C=O) groups is 2. The summed E-state index contributed by atoms with van der Waals surface area (Å²) in [6.45, 7) is 7.49. The van der Waals surface area contributed by atoms with E-state index in [0.717, 1.165) is 62.5 Å². The molecule has 2 heterocycles. The van der Waals surface area contributed by atoms with Crippen molar-refractivity contribution >= 4 is 17.5 Å². The van der Waals surface area contributed by atoms with E-state index in [-0.39, 0.29) is 11.8 Å². The van der Waals surface area contributed by atoms with Gasteiger partial charge < -0.3 is 15.0 Å². The second kappa shape index (κ2) is 9.41. The fourth-order valence-corrected chi connectivity index (χ4v) is 4.14.